The van der Waals surface area contributed by atoms with Crippen LogP contribution in [0.3, 0.4) is 0 Å². The molecular weight excluding hydrogens is 196 g/mol. The average molecular weight is 222 g/mol. The van der Waals surface area contributed by atoms with Crippen LogP contribution < -0.4 is 0 Å². The smallest absolute Gasteiger partial charge is 0.0793 e. The van der Waals surface area contributed by atoms with Gasteiger partial charge >= 0.3 is 0 Å². The molecule has 0 bridgehead atoms. The summed E-state index contributed by atoms with van der Waals surface area (Å²) in [5.41, 5.74) is 2.82. The minimum atomic E-state index is 0.323. The van der Waals surface area contributed by atoms with E-state index in [2.05, 4.69) is 46.8 Å². The Morgan fingerprint density at radius 1 is 1.50 bits per heavy atom. The first-order chi connectivity index (χ1) is 7.50. The Labute approximate surface area is 101 Å². The lowest BCUT2D eigenvalue weighted by Crippen LogP contribution is -2.29. The van der Waals surface area contributed by atoms with Gasteiger partial charge in [0.15, 0.2) is 0 Å². The summed E-state index contributed by atoms with van der Waals surface area (Å²) >= 11 is 0. The van der Waals surface area contributed by atoms with Crippen molar-refractivity contribution in [3.63, 3.8) is 0 Å². The van der Waals surface area contributed by atoms with Crippen molar-refractivity contribution in [2.24, 2.45) is 11.8 Å². The quantitative estimate of drug-likeness (QED) is 0.643. The molecule has 0 fully saturated rings. The molecule has 0 heterocycles. The Bertz CT molecular complexity index is 269. The van der Waals surface area contributed by atoms with Crippen molar-refractivity contribution in [1.29, 1.82) is 0 Å². The van der Waals surface area contributed by atoms with Crippen LogP contribution in [0, 0.1) is 11.8 Å². The lowest BCUT2D eigenvalue weighted by atomic mass is 9.80. The highest BCUT2D eigenvalue weighted by atomic mass is 16.5. The van der Waals surface area contributed by atoms with Crippen molar-refractivity contribution < 1.29 is 4.74 Å². The van der Waals surface area contributed by atoms with Gasteiger partial charge in [0.25, 0.3) is 0 Å². The summed E-state index contributed by atoms with van der Waals surface area (Å²) in [7, 11) is 0. The fraction of sp³-hybridized carbons (Fsp3) is 0.733. The molecule has 92 valence electrons. The van der Waals surface area contributed by atoms with Gasteiger partial charge in [0.1, 0.15) is 0 Å². The summed E-state index contributed by atoms with van der Waals surface area (Å²) in [5.74, 6) is 1.40. The zero-order chi connectivity index (χ0) is 12.1. The van der Waals surface area contributed by atoms with Crippen LogP contribution in [0.1, 0.15) is 47.5 Å². The van der Waals surface area contributed by atoms with Gasteiger partial charge in [-0.05, 0) is 45.4 Å². The van der Waals surface area contributed by atoms with E-state index in [0.29, 0.717) is 17.9 Å². The second kappa shape index (κ2) is 6.24. The van der Waals surface area contributed by atoms with Gasteiger partial charge in [-0.2, -0.15) is 0 Å². The zero-order valence-electron chi connectivity index (χ0n) is 11.4. The lowest BCUT2D eigenvalue weighted by molar-refractivity contribution is 0.0367. The molecule has 1 nitrogen and oxygen atoms in total. The van der Waals surface area contributed by atoms with Crippen molar-refractivity contribution in [3.8, 4) is 0 Å². The summed E-state index contributed by atoms with van der Waals surface area (Å²) in [5, 5.41) is 0. The predicted octanol–water partition coefficient (Wildman–Crippen LogP) is 4.35. The van der Waals surface area contributed by atoms with E-state index >= 15 is 0 Å². The first kappa shape index (κ1) is 13.5. The molecule has 16 heavy (non-hydrogen) atoms. The maximum Gasteiger partial charge on any atom is 0.0793 e. The molecule has 0 aromatic carbocycles. The van der Waals surface area contributed by atoms with E-state index in [1.165, 1.54) is 24.0 Å². The molecule has 2 atom stereocenters. The second-order valence-corrected chi connectivity index (χ2v) is 5.54. The highest BCUT2D eigenvalue weighted by molar-refractivity contribution is 5.09. The fourth-order valence-corrected chi connectivity index (χ4v) is 2.26. The van der Waals surface area contributed by atoms with Gasteiger partial charge in [0.05, 0.1) is 12.7 Å². The molecule has 0 N–H and O–H groups in total. The SMILES string of the molecule is CC(C)=CCO[C@@H]1C=C(C)CC[C@@H]1C(C)C. The maximum atomic E-state index is 5.99. The van der Waals surface area contributed by atoms with Gasteiger partial charge < -0.3 is 4.74 Å². The van der Waals surface area contributed by atoms with Crippen LogP contribution in [0.2, 0.25) is 0 Å². The third kappa shape index (κ3) is 4.13. The van der Waals surface area contributed by atoms with Crippen molar-refractivity contribution in [1.82, 2.24) is 0 Å². The molecule has 0 aliphatic heterocycles. The summed E-state index contributed by atoms with van der Waals surface area (Å²) in [4.78, 5) is 0. The van der Waals surface area contributed by atoms with Gasteiger partial charge in [-0.15, -0.1) is 0 Å². The Morgan fingerprint density at radius 3 is 2.75 bits per heavy atom. The topological polar surface area (TPSA) is 9.23 Å². The number of rotatable bonds is 4. The molecule has 0 saturated heterocycles. The van der Waals surface area contributed by atoms with Crippen LogP contribution in [0.5, 0.6) is 0 Å². The first-order valence-corrected chi connectivity index (χ1v) is 6.43. The van der Waals surface area contributed by atoms with Gasteiger partial charge in [-0.25, -0.2) is 0 Å². The van der Waals surface area contributed by atoms with Crippen molar-refractivity contribution >= 4 is 0 Å². The van der Waals surface area contributed by atoms with E-state index in [4.69, 9.17) is 4.74 Å². The molecule has 1 rings (SSSR count). The molecule has 0 spiro atoms. The van der Waals surface area contributed by atoms with Crippen molar-refractivity contribution in [2.75, 3.05) is 6.61 Å². The molecule has 0 radical (unpaired) electrons. The van der Waals surface area contributed by atoms with Crippen LogP contribution in [0.4, 0.5) is 0 Å². The average Bonchev–Trinajstić information content (AvgIpc) is 2.16. The minimum absolute atomic E-state index is 0.323. The van der Waals surface area contributed by atoms with E-state index in [9.17, 15) is 0 Å². The second-order valence-electron chi connectivity index (χ2n) is 5.54. The number of allylic oxidation sites excluding steroid dienone is 2. The number of ether oxygens (including phenoxy) is 1. The summed E-state index contributed by atoms with van der Waals surface area (Å²) in [6.45, 7) is 11.8. The van der Waals surface area contributed by atoms with E-state index in [0.717, 1.165) is 6.61 Å². The minimum Gasteiger partial charge on any atom is -0.370 e. The van der Waals surface area contributed by atoms with Crippen molar-refractivity contribution in [3.05, 3.63) is 23.3 Å². The summed E-state index contributed by atoms with van der Waals surface area (Å²) in [6.07, 6.45) is 7.33. The molecule has 1 aliphatic carbocycles. The monoisotopic (exact) mass is 222 g/mol. The van der Waals surface area contributed by atoms with E-state index in [-0.39, 0.29) is 0 Å². The van der Waals surface area contributed by atoms with Gasteiger partial charge in [0.2, 0.25) is 0 Å². The Morgan fingerprint density at radius 2 is 2.19 bits per heavy atom. The molecular formula is C15H26O. The molecule has 1 heteroatoms. The molecule has 0 aromatic heterocycles. The van der Waals surface area contributed by atoms with Crippen LogP contribution in [-0.4, -0.2) is 12.7 Å². The fourth-order valence-electron chi connectivity index (χ4n) is 2.26. The Hall–Kier alpha value is -0.560. The molecule has 0 saturated carbocycles. The largest absolute Gasteiger partial charge is 0.370 e. The highest BCUT2D eigenvalue weighted by Gasteiger charge is 2.26. The molecule has 1 aliphatic rings. The zero-order valence-corrected chi connectivity index (χ0v) is 11.4. The van der Waals surface area contributed by atoms with Crippen LogP contribution in [0.15, 0.2) is 23.3 Å². The normalized spacial score (nSPS) is 25.5. The van der Waals surface area contributed by atoms with Gasteiger partial charge in [0, 0.05) is 0 Å². The molecule has 0 aromatic rings. The van der Waals surface area contributed by atoms with E-state index in [1.807, 2.05) is 0 Å². The third-order valence-corrected chi connectivity index (χ3v) is 3.38. The molecule has 0 amide bonds. The molecule has 0 unspecified atom stereocenters. The summed E-state index contributed by atoms with van der Waals surface area (Å²) in [6, 6.07) is 0. The van der Waals surface area contributed by atoms with Gasteiger partial charge in [-0.1, -0.05) is 37.1 Å². The Balaban J connectivity index is 2.58. The number of hydrogen-bond acceptors (Lipinski definition) is 1. The third-order valence-electron chi connectivity index (χ3n) is 3.38. The van der Waals surface area contributed by atoms with Crippen LogP contribution in [-0.2, 0) is 4.74 Å². The van der Waals surface area contributed by atoms with Gasteiger partial charge in [-0.3, -0.25) is 0 Å². The first-order valence-electron chi connectivity index (χ1n) is 6.43. The standard InChI is InChI=1S/C15H26O/c1-11(2)8-9-16-15-10-13(5)6-7-14(15)12(3)4/h8,10,12,14-15H,6-7,9H2,1-5H3/t14-,15-/m1/s1. The maximum absolute atomic E-state index is 5.99. The predicted molar refractivity (Wildman–Crippen MR) is 70.5 cm³/mol. The lowest BCUT2D eigenvalue weighted by Gasteiger charge is -2.32. The van der Waals surface area contributed by atoms with Crippen LogP contribution in [0.25, 0.3) is 0 Å². The Kier molecular flexibility index (Phi) is 5.27. The highest BCUT2D eigenvalue weighted by Crippen LogP contribution is 2.31. The van der Waals surface area contributed by atoms with E-state index < -0.39 is 0 Å². The summed E-state index contributed by atoms with van der Waals surface area (Å²) < 4.78 is 5.99. The van der Waals surface area contributed by atoms with E-state index in [1.54, 1.807) is 0 Å². The number of hydrogen-bond donors (Lipinski definition) is 0. The van der Waals surface area contributed by atoms with Crippen LogP contribution >= 0.6 is 0 Å². The van der Waals surface area contributed by atoms with Crippen molar-refractivity contribution in [2.45, 2.75) is 53.6 Å².